The number of esters is 1. The fraction of sp³-hybridized carbons (Fsp3) is 0.538. The minimum absolute atomic E-state index is 0.0353. The second kappa shape index (κ2) is 6.01. The van der Waals surface area contributed by atoms with E-state index in [0.717, 1.165) is 0 Å². The van der Waals surface area contributed by atoms with E-state index in [-0.39, 0.29) is 17.6 Å². The van der Waals surface area contributed by atoms with E-state index >= 15 is 0 Å². The molecule has 0 saturated carbocycles. The van der Waals surface area contributed by atoms with E-state index in [9.17, 15) is 18.0 Å². The molecule has 2 aromatic heterocycles. The molecule has 0 aliphatic rings. The van der Waals surface area contributed by atoms with Gasteiger partial charge in [-0.2, -0.15) is 17.7 Å². The molecule has 0 aliphatic heterocycles. The summed E-state index contributed by atoms with van der Waals surface area (Å²) in [6, 6.07) is 2.10. The smallest absolute Gasteiger partial charge is 0.453 e. The lowest BCUT2D eigenvalue weighted by Crippen LogP contribution is -2.39. The molecule has 0 spiro atoms. The molecule has 2 heterocycles. The highest BCUT2D eigenvalue weighted by Gasteiger charge is 2.38. The lowest BCUT2D eigenvalue weighted by molar-refractivity contribution is -0.149. The topological polar surface area (TPSA) is 72.6 Å². The number of ether oxygens (including phenoxy) is 1. The Morgan fingerprint density at radius 3 is 2.48 bits per heavy atom. The number of rotatable bonds is 4. The molecule has 2 aromatic rings. The zero-order valence-corrected chi connectivity index (χ0v) is 13.0. The van der Waals surface area contributed by atoms with Crippen molar-refractivity contribution in [3.8, 4) is 0 Å². The molecule has 0 aliphatic carbocycles. The maximum absolute atomic E-state index is 12.9. The molecule has 0 aromatic carbocycles. The Morgan fingerprint density at radius 2 is 1.91 bits per heavy atom. The van der Waals surface area contributed by atoms with Gasteiger partial charge >= 0.3 is 12.1 Å². The van der Waals surface area contributed by atoms with Gasteiger partial charge in [-0.3, -0.25) is 0 Å². The number of anilines is 1. The first kappa shape index (κ1) is 17.0. The lowest BCUT2D eigenvalue weighted by Gasteiger charge is -2.25. The summed E-state index contributed by atoms with van der Waals surface area (Å²) in [6.45, 7) is 5.00. The molecule has 0 amide bonds. The molecule has 1 atom stereocenters. The summed E-state index contributed by atoms with van der Waals surface area (Å²) in [5.41, 5.74) is -0.0353. The average Bonchev–Trinajstić information content (AvgIpc) is 2.87. The first-order valence-electron chi connectivity index (χ1n) is 6.84. The Morgan fingerprint density at radius 1 is 1.26 bits per heavy atom. The number of aromatic nitrogens is 4. The molecule has 2 rings (SSSR count). The fourth-order valence-electron chi connectivity index (χ4n) is 1.83. The van der Waals surface area contributed by atoms with Gasteiger partial charge in [0.15, 0.2) is 5.65 Å². The maximum Gasteiger partial charge on any atom is 0.453 e. The lowest BCUT2D eigenvalue weighted by atomic mass is 10.3. The van der Waals surface area contributed by atoms with Gasteiger partial charge in [0.2, 0.25) is 0 Å². The van der Waals surface area contributed by atoms with Crippen LogP contribution in [0.3, 0.4) is 0 Å². The summed E-state index contributed by atoms with van der Waals surface area (Å²) in [6.07, 6.45) is -4.96. The summed E-state index contributed by atoms with van der Waals surface area (Å²) in [5, 5.41) is 10.4. The van der Waals surface area contributed by atoms with Gasteiger partial charge in [-0.15, -0.1) is 15.3 Å². The number of carbonyl (C=O) groups is 1. The van der Waals surface area contributed by atoms with E-state index in [1.807, 2.05) is 0 Å². The summed E-state index contributed by atoms with van der Waals surface area (Å²) in [4.78, 5) is 13.3. The summed E-state index contributed by atoms with van der Waals surface area (Å²) in [5.74, 6) is -1.56. The number of alkyl halides is 3. The van der Waals surface area contributed by atoms with Gasteiger partial charge < -0.3 is 9.64 Å². The Kier molecular flexibility index (Phi) is 4.44. The van der Waals surface area contributed by atoms with Crippen LogP contribution >= 0.6 is 0 Å². The van der Waals surface area contributed by atoms with Crippen LogP contribution in [0.15, 0.2) is 12.1 Å². The number of hydrogen-bond acceptors (Lipinski definition) is 6. The Bertz CT molecular complexity index is 713. The maximum atomic E-state index is 12.9. The number of fused-ring (bicyclic) bond motifs is 1. The van der Waals surface area contributed by atoms with E-state index in [1.165, 1.54) is 24.1 Å². The van der Waals surface area contributed by atoms with Crippen molar-refractivity contribution >= 4 is 17.4 Å². The number of nitrogens with zero attached hydrogens (tertiary/aromatic N) is 5. The van der Waals surface area contributed by atoms with Crippen LogP contribution in [-0.4, -0.2) is 45.0 Å². The standard InChI is InChI=1S/C13H16F3N5O2/c1-7(2)23-11(22)8(3)20(4)10-6-5-9-17-18-12(13(14,15)16)21(9)19-10/h5-8H,1-4H3. The molecule has 0 bridgehead atoms. The van der Waals surface area contributed by atoms with Crippen LogP contribution in [0.5, 0.6) is 0 Å². The predicted octanol–water partition coefficient (Wildman–Crippen LogP) is 1.92. The molecular weight excluding hydrogens is 315 g/mol. The monoisotopic (exact) mass is 331 g/mol. The third-order valence-corrected chi connectivity index (χ3v) is 3.14. The quantitative estimate of drug-likeness (QED) is 0.797. The van der Waals surface area contributed by atoms with E-state index in [2.05, 4.69) is 15.3 Å². The Hall–Kier alpha value is -2.39. The van der Waals surface area contributed by atoms with Gasteiger partial charge in [-0.25, -0.2) is 4.79 Å². The van der Waals surface area contributed by atoms with Crippen LogP contribution in [0.2, 0.25) is 0 Å². The Labute approximate surface area is 130 Å². The minimum Gasteiger partial charge on any atom is -0.461 e. The average molecular weight is 331 g/mol. The summed E-state index contributed by atoms with van der Waals surface area (Å²) < 4.78 is 44.3. The first-order valence-corrected chi connectivity index (χ1v) is 6.84. The van der Waals surface area contributed by atoms with Crippen molar-refractivity contribution in [1.29, 1.82) is 0 Å². The van der Waals surface area contributed by atoms with Gasteiger partial charge in [-0.05, 0) is 32.9 Å². The molecule has 23 heavy (non-hydrogen) atoms. The molecular formula is C13H16F3N5O2. The highest BCUT2D eigenvalue weighted by molar-refractivity contribution is 5.79. The molecule has 0 radical (unpaired) electrons. The van der Waals surface area contributed by atoms with Gasteiger partial charge in [0.1, 0.15) is 11.9 Å². The van der Waals surface area contributed by atoms with Crippen LogP contribution in [-0.2, 0) is 15.7 Å². The molecule has 1 unspecified atom stereocenters. The van der Waals surface area contributed by atoms with Crippen molar-refractivity contribution in [2.45, 2.75) is 39.1 Å². The van der Waals surface area contributed by atoms with Gasteiger partial charge in [-0.1, -0.05) is 0 Å². The normalized spacial score (nSPS) is 13.4. The van der Waals surface area contributed by atoms with Crippen molar-refractivity contribution in [2.75, 3.05) is 11.9 Å². The van der Waals surface area contributed by atoms with E-state index < -0.39 is 24.0 Å². The highest BCUT2D eigenvalue weighted by Crippen LogP contribution is 2.28. The molecule has 0 fully saturated rings. The van der Waals surface area contributed by atoms with Crippen molar-refractivity contribution < 1.29 is 22.7 Å². The number of hydrogen-bond donors (Lipinski definition) is 0. The molecule has 0 saturated heterocycles. The largest absolute Gasteiger partial charge is 0.461 e. The highest BCUT2D eigenvalue weighted by atomic mass is 19.4. The van der Waals surface area contributed by atoms with Crippen LogP contribution in [0.25, 0.3) is 5.65 Å². The SMILES string of the molecule is CC(C)OC(=O)C(C)N(C)c1ccc2nnc(C(F)(F)F)n2n1. The summed E-state index contributed by atoms with van der Waals surface area (Å²) >= 11 is 0. The van der Waals surface area contributed by atoms with Crippen LogP contribution < -0.4 is 4.90 Å². The molecule has 7 nitrogen and oxygen atoms in total. The fourth-order valence-corrected chi connectivity index (χ4v) is 1.83. The molecule has 10 heteroatoms. The number of likely N-dealkylation sites (N-methyl/N-ethyl adjacent to an activating group) is 1. The number of carbonyl (C=O) groups excluding carboxylic acids is 1. The van der Waals surface area contributed by atoms with Crippen molar-refractivity contribution in [3.05, 3.63) is 18.0 Å². The predicted molar refractivity (Wildman–Crippen MR) is 74.9 cm³/mol. The molecule has 126 valence electrons. The first-order chi connectivity index (χ1) is 10.6. The van der Waals surface area contributed by atoms with Crippen LogP contribution in [0, 0.1) is 0 Å². The van der Waals surface area contributed by atoms with E-state index in [1.54, 1.807) is 20.8 Å². The van der Waals surface area contributed by atoms with Gasteiger partial charge in [0, 0.05) is 7.05 Å². The van der Waals surface area contributed by atoms with Crippen molar-refractivity contribution in [1.82, 2.24) is 19.8 Å². The summed E-state index contributed by atoms with van der Waals surface area (Å²) in [7, 11) is 1.54. The third-order valence-electron chi connectivity index (χ3n) is 3.14. The van der Waals surface area contributed by atoms with Crippen LogP contribution in [0.1, 0.15) is 26.6 Å². The Balaban J connectivity index is 2.34. The van der Waals surface area contributed by atoms with Crippen molar-refractivity contribution in [3.63, 3.8) is 0 Å². The zero-order chi connectivity index (χ0) is 17.4. The van der Waals surface area contributed by atoms with Gasteiger partial charge in [0.25, 0.3) is 5.82 Å². The minimum atomic E-state index is -4.67. The second-order valence-corrected chi connectivity index (χ2v) is 5.26. The van der Waals surface area contributed by atoms with E-state index in [0.29, 0.717) is 4.52 Å². The zero-order valence-electron chi connectivity index (χ0n) is 13.0. The van der Waals surface area contributed by atoms with Gasteiger partial charge in [0.05, 0.1) is 6.10 Å². The second-order valence-electron chi connectivity index (χ2n) is 5.26. The van der Waals surface area contributed by atoms with E-state index in [4.69, 9.17) is 4.74 Å². The third kappa shape index (κ3) is 3.51. The molecule has 0 N–H and O–H groups in total. The van der Waals surface area contributed by atoms with Crippen molar-refractivity contribution in [2.24, 2.45) is 0 Å². The number of halogens is 3. The van der Waals surface area contributed by atoms with Crippen LogP contribution in [0.4, 0.5) is 19.0 Å².